The van der Waals surface area contributed by atoms with Gasteiger partial charge in [-0.25, -0.2) is 0 Å². The van der Waals surface area contributed by atoms with Gasteiger partial charge in [0.05, 0.1) is 0 Å². The average Bonchev–Trinajstić information content (AvgIpc) is 2.55. The molecule has 0 saturated heterocycles. The lowest BCUT2D eigenvalue weighted by Crippen LogP contribution is -1.80. The van der Waals surface area contributed by atoms with Gasteiger partial charge in [0.2, 0.25) is 0 Å². The first-order valence-corrected chi connectivity index (χ1v) is 6.80. The van der Waals surface area contributed by atoms with Crippen LogP contribution in [0.3, 0.4) is 0 Å². The molecule has 0 amide bonds. The predicted molar refractivity (Wildman–Crippen MR) is 85.7 cm³/mol. The average molecular weight is 253 g/mol. The number of hydrogen-bond donors (Lipinski definition) is 0. The van der Waals surface area contributed by atoms with Crippen LogP contribution in [0, 0.1) is 6.07 Å². The van der Waals surface area contributed by atoms with Crippen molar-refractivity contribution in [1.82, 2.24) is 0 Å². The molecule has 0 aliphatic carbocycles. The van der Waals surface area contributed by atoms with Gasteiger partial charge in [-0.1, -0.05) is 66.7 Å². The molecule has 0 N–H and O–H groups in total. The minimum Gasteiger partial charge on any atom is -0.0622 e. The second kappa shape index (κ2) is 4.50. The zero-order chi connectivity index (χ0) is 13.4. The van der Waals surface area contributed by atoms with Crippen molar-refractivity contribution in [3.8, 4) is 11.1 Å². The fraction of sp³-hybridized carbons (Fsp3) is 0. The minimum absolute atomic E-state index is 1.26. The monoisotopic (exact) mass is 253 g/mol. The molecule has 0 fully saturated rings. The Morgan fingerprint density at radius 3 is 2.35 bits per heavy atom. The third-order valence-corrected chi connectivity index (χ3v) is 3.79. The third kappa shape index (κ3) is 1.78. The fourth-order valence-corrected chi connectivity index (χ4v) is 2.76. The Bertz CT molecular complexity index is 889. The van der Waals surface area contributed by atoms with Crippen LogP contribution in [0.1, 0.15) is 0 Å². The summed E-state index contributed by atoms with van der Waals surface area (Å²) >= 11 is 0. The van der Waals surface area contributed by atoms with Crippen LogP contribution in [0.15, 0.2) is 78.9 Å². The second-order valence-electron chi connectivity index (χ2n) is 5.01. The maximum Gasteiger partial charge on any atom is -0.00992 e. The lowest BCUT2D eigenvalue weighted by molar-refractivity contribution is 1.65. The van der Waals surface area contributed by atoms with Crippen LogP contribution >= 0.6 is 0 Å². The molecule has 93 valence electrons. The second-order valence-corrected chi connectivity index (χ2v) is 5.01. The van der Waals surface area contributed by atoms with E-state index in [2.05, 4.69) is 72.8 Å². The van der Waals surface area contributed by atoms with Crippen LogP contribution in [-0.4, -0.2) is 0 Å². The SMILES string of the molecule is [c]1ccc2ccc3cc(-c4ccccc4)ccc3c2c1. The smallest absolute Gasteiger partial charge is 0.00992 e. The first-order valence-electron chi connectivity index (χ1n) is 6.80. The van der Waals surface area contributed by atoms with Crippen molar-refractivity contribution in [2.75, 3.05) is 0 Å². The Morgan fingerprint density at radius 1 is 0.600 bits per heavy atom. The molecule has 0 spiro atoms. The van der Waals surface area contributed by atoms with Crippen LogP contribution in [0.4, 0.5) is 0 Å². The molecular weight excluding hydrogens is 240 g/mol. The van der Waals surface area contributed by atoms with E-state index in [0.29, 0.717) is 0 Å². The van der Waals surface area contributed by atoms with E-state index in [1.807, 2.05) is 12.1 Å². The topological polar surface area (TPSA) is 0 Å². The van der Waals surface area contributed by atoms with E-state index in [0.717, 1.165) is 0 Å². The summed E-state index contributed by atoms with van der Waals surface area (Å²) in [6.45, 7) is 0. The molecule has 0 aromatic heterocycles. The molecule has 0 bridgehead atoms. The zero-order valence-corrected chi connectivity index (χ0v) is 11.0. The van der Waals surface area contributed by atoms with Crippen molar-refractivity contribution in [2.45, 2.75) is 0 Å². The maximum absolute atomic E-state index is 3.17. The van der Waals surface area contributed by atoms with Crippen molar-refractivity contribution in [3.05, 3.63) is 84.9 Å². The molecule has 20 heavy (non-hydrogen) atoms. The van der Waals surface area contributed by atoms with Gasteiger partial charge in [-0.05, 0) is 50.9 Å². The lowest BCUT2D eigenvalue weighted by atomic mass is 9.97. The lowest BCUT2D eigenvalue weighted by Gasteiger charge is -2.07. The summed E-state index contributed by atoms with van der Waals surface area (Å²) < 4.78 is 0. The van der Waals surface area contributed by atoms with E-state index in [1.165, 1.54) is 32.7 Å². The van der Waals surface area contributed by atoms with Crippen LogP contribution in [0.5, 0.6) is 0 Å². The van der Waals surface area contributed by atoms with Crippen molar-refractivity contribution >= 4 is 21.5 Å². The fourth-order valence-electron chi connectivity index (χ4n) is 2.76. The minimum atomic E-state index is 1.26. The molecule has 0 heterocycles. The Hall–Kier alpha value is -2.60. The van der Waals surface area contributed by atoms with Gasteiger partial charge in [-0.2, -0.15) is 0 Å². The van der Waals surface area contributed by atoms with Gasteiger partial charge in [0, 0.05) is 0 Å². The van der Waals surface area contributed by atoms with E-state index in [1.54, 1.807) is 0 Å². The zero-order valence-electron chi connectivity index (χ0n) is 11.0. The summed E-state index contributed by atoms with van der Waals surface area (Å²) in [4.78, 5) is 0. The summed E-state index contributed by atoms with van der Waals surface area (Å²) in [6, 6.07) is 30.9. The highest BCUT2D eigenvalue weighted by Crippen LogP contribution is 2.29. The van der Waals surface area contributed by atoms with E-state index < -0.39 is 0 Å². The summed E-state index contributed by atoms with van der Waals surface area (Å²) in [5.41, 5.74) is 2.52. The molecule has 1 radical (unpaired) electrons. The number of hydrogen-bond acceptors (Lipinski definition) is 0. The molecule has 0 nitrogen and oxygen atoms in total. The first kappa shape index (κ1) is 11.2. The number of benzene rings is 4. The molecule has 0 aliphatic rings. The quantitative estimate of drug-likeness (QED) is 0.395. The molecule has 0 unspecified atom stereocenters. The van der Waals surface area contributed by atoms with Gasteiger partial charge in [0.15, 0.2) is 0 Å². The van der Waals surface area contributed by atoms with E-state index in [4.69, 9.17) is 0 Å². The van der Waals surface area contributed by atoms with Crippen molar-refractivity contribution in [3.63, 3.8) is 0 Å². The van der Waals surface area contributed by atoms with E-state index >= 15 is 0 Å². The molecule has 4 rings (SSSR count). The highest BCUT2D eigenvalue weighted by molar-refractivity contribution is 6.08. The number of rotatable bonds is 1. The Labute approximate surface area is 118 Å². The highest BCUT2D eigenvalue weighted by Gasteiger charge is 2.02. The van der Waals surface area contributed by atoms with Crippen molar-refractivity contribution < 1.29 is 0 Å². The Kier molecular flexibility index (Phi) is 2.53. The summed E-state index contributed by atoms with van der Waals surface area (Å²) in [5, 5.41) is 5.10. The molecule has 0 aliphatic heterocycles. The Morgan fingerprint density at radius 2 is 1.45 bits per heavy atom. The molecule has 4 aromatic carbocycles. The van der Waals surface area contributed by atoms with Gasteiger partial charge in [0.1, 0.15) is 0 Å². The maximum atomic E-state index is 3.17. The summed E-state index contributed by atoms with van der Waals surface area (Å²) in [5.74, 6) is 0. The molecule has 0 saturated carbocycles. The molecular formula is C20H13. The van der Waals surface area contributed by atoms with Crippen LogP contribution in [0.25, 0.3) is 32.7 Å². The van der Waals surface area contributed by atoms with Crippen molar-refractivity contribution in [2.24, 2.45) is 0 Å². The van der Waals surface area contributed by atoms with Gasteiger partial charge in [-0.3, -0.25) is 0 Å². The summed E-state index contributed by atoms with van der Waals surface area (Å²) in [7, 11) is 0. The van der Waals surface area contributed by atoms with Gasteiger partial charge >= 0.3 is 0 Å². The van der Waals surface area contributed by atoms with Crippen molar-refractivity contribution in [1.29, 1.82) is 0 Å². The molecule has 4 aromatic rings. The molecule has 0 atom stereocenters. The van der Waals surface area contributed by atoms with Gasteiger partial charge < -0.3 is 0 Å². The summed E-state index contributed by atoms with van der Waals surface area (Å²) in [6.07, 6.45) is 0. The van der Waals surface area contributed by atoms with E-state index in [9.17, 15) is 0 Å². The van der Waals surface area contributed by atoms with Crippen LogP contribution in [0.2, 0.25) is 0 Å². The first-order chi connectivity index (χ1) is 9.92. The van der Waals surface area contributed by atoms with Crippen LogP contribution < -0.4 is 0 Å². The molecule has 0 heteroatoms. The van der Waals surface area contributed by atoms with Gasteiger partial charge in [0.25, 0.3) is 0 Å². The van der Waals surface area contributed by atoms with E-state index in [-0.39, 0.29) is 0 Å². The number of fused-ring (bicyclic) bond motifs is 3. The van der Waals surface area contributed by atoms with Crippen LogP contribution in [-0.2, 0) is 0 Å². The predicted octanol–water partition coefficient (Wildman–Crippen LogP) is 5.46. The largest absolute Gasteiger partial charge is 0.0622 e. The van der Waals surface area contributed by atoms with Gasteiger partial charge in [-0.15, -0.1) is 0 Å². The Balaban J connectivity index is 1.99. The standard InChI is InChI=1S/C20H13/c1-2-6-15(7-3-1)17-12-13-20-18(14-17)11-10-16-8-4-5-9-19(16)20/h1-4,6-14H. The third-order valence-electron chi connectivity index (χ3n) is 3.79. The highest BCUT2D eigenvalue weighted by atomic mass is 14.1. The normalized spacial score (nSPS) is 11.0.